The molecule has 0 radical (unpaired) electrons. The molecule has 2 heteroatoms. The molecule has 1 saturated heterocycles. The van der Waals surface area contributed by atoms with Crippen LogP contribution in [0, 0.1) is 5.92 Å². The van der Waals surface area contributed by atoms with E-state index in [2.05, 4.69) is 19.3 Å². The normalized spacial score (nSPS) is 35.3. The maximum Gasteiger partial charge on any atom is 0.0711 e. The molecule has 2 unspecified atom stereocenters. The average Bonchev–Trinajstić information content (AvgIpc) is 2.17. The van der Waals surface area contributed by atoms with Crippen molar-refractivity contribution in [2.24, 2.45) is 5.92 Å². The van der Waals surface area contributed by atoms with Gasteiger partial charge in [-0.3, -0.25) is 0 Å². The molecule has 0 aromatic rings. The first-order valence-electron chi connectivity index (χ1n) is 3.85. The van der Waals surface area contributed by atoms with Gasteiger partial charge < -0.3 is 10.4 Å². The van der Waals surface area contributed by atoms with E-state index in [1.807, 2.05) is 0 Å². The highest BCUT2D eigenvalue weighted by Gasteiger charge is 2.16. The zero-order chi connectivity index (χ0) is 6.69. The molecule has 0 aliphatic carbocycles. The zero-order valence-corrected chi connectivity index (χ0v) is 6.35. The van der Waals surface area contributed by atoms with Gasteiger partial charge in [-0.05, 0) is 0 Å². The van der Waals surface area contributed by atoms with Crippen molar-refractivity contribution in [3.05, 3.63) is 5.43 Å². The quantitative estimate of drug-likeness (QED) is 0.548. The van der Waals surface area contributed by atoms with Crippen LogP contribution in [0.25, 0.3) is 5.43 Å². The van der Waals surface area contributed by atoms with Gasteiger partial charge in [0, 0.05) is 12.3 Å². The summed E-state index contributed by atoms with van der Waals surface area (Å²) in [6, 6.07) is 0. The van der Waals surface area contributed by atoms with Crippen molar-refractivity contribution in [2.75, 3.05) is 19.6 Å². The first kappa shape index (κ1) is 7.03. The third-order valence-corrected chi connectivity index (χ3v) is 1.89. The summed E-state index contributed by atoms with van der Waals surface area (Å²) in [7, 11) is 0. The number of rotatable bonds is 2. The van der Waals surface area contributed by atoms with E-state index < -0.39 is 0 Å². The summed E-state index contributed by atoms with van der Waals surface area (Å²) in [6.07, 6.45) is 1.36. The van der Waals surface area contributed by atoms with Gasteiger partial charge in [-0.25, -0.2) is 0 Å². The van der Waals surface area contributed by atoms with Crippen molar-refractivity contribution in [3.63, 3.8) is 0 Å². The van der Waals surface area contributed by atoms with Gasteiger partial charge in [0.15, 0.2) is 0 Å². The van der Waals surface area contributed by atoms with Gasteiger partial charge in [0.05, 0.1) is 13.1 Å². The second kappa shape index (κ2) is 3.18. The van der Waals surface area contributed by atoms with E-state index in [1.54, 1.807) is 0 Å². The van der Waals surface area contributed by atoms with Crippen LogP contribution in [0.5, 0.6) is 0 Å². The molecule has 1 N–H and O–H groups in total. The predicted molar refractivity (Wildman–Crippen MR) is 38.4 cm³/mol. The molecule has 0 amide bonds. The van der Waals surface area contributed by atoms with Crippen LogP contribution >= 0.6 is 0 Å². The summed E-state index contributed by atoms with van der Waals surface area (Å²) in [5.41, 5.74) is 4.39. The minimum Gasteiger partial charge on any atom is -0.455 e. The lowest BCUT2D eigenvalue weighted by atomic mass is 10.2. The van der Waals surface area contributed by atoms with Gasteiger partial charge >= 0.3 is 0 Å². The van der Waals surface area contributed by atoms with Gasteiger partial charge in [0.25, 0.3) is 0 Å². The van der Waals surface area contributed by atoms with E-state index in [1.165, 1.54) is 24.5 Å². The third-order valence-electron chi connectivity index (χ3n) is 1.89. The van der Waals surface area contributed by atoms with Crippen molar-refractivity contribution in [3.8, 4) is 0 Å². The lowest BCUT2D eigenvalue weighted by molar-refractivity contribution is -0.850. The molecular formula is C7H16N2. The highest BCUT2D eigenvalue weighted by atomic mass is 15.5. The Hall–Kier alpha value is -0.0800. The minimum absolute atomic E-state index is 0.898. The Morgan fingerprint density at radius 3 is 2.89 bits per heavy atom. The molecule has 0 aromatic heterocycles. The summed E-state index contributed by atoms with van der Waals surface area (Å²) >= 11 is 0. The van der Waals surface area contributed by atoms with Crippen molar-refractivity contribution in [1.29, 1.82) is 0 Å². The molecule has 1 rings (SSSR count). The molecule has 0 saturated carbocycles. The molecule has 1 heterocycles. The van der Waals surface area contributed by atoms with Crippen LogP contribution in [-0.2, 0) is 0 Å². The number of hydrogen-bond donors (Lipinski definition) is 1. The fraction of sp³-hybridized carbons (Fsp3) is 1.00. The maximum absolute atomic E-state index is 4.39. The van der Waals surface area contributed by atoms with Crippen LogP contribution in [0.3, 0.4) is 0 Å². The Morgan fingerprint density at radius 1 is 1.67 bits per heavy atom. The van der Waals surface area contributed by atoms with Gasteiger partial charge in [0.1, 0.15) is 0 Å². The summed E-state index contributed by atoms with van der Waals surface area (Å²) < 4.78 is 0. The van der Waals surface area contributed by atoms with Crippen molar-refractivity contribution in [2.45, 2.75) is 20.3 Å². The number of hydrogen-bond acceptors (Lipinski definition) is 0. The largest absolute Gasteiger partial charge is 0.455 e. The predicted octanol–water partition coefficient (Wildman–Crippen LogP) is 0.220. The molecule has 0 bridgehead atoms. The van der Waals surface area contributed by atoms with Crippen LogP contribution in [0.2, 0.25) is 0 Å². The molecule has 2 nitrogen and oxygen atoms in total. The van der Waals surface area contributed by atoms with Crippen LogP contribution in [-0.4, -0.2) is 19.6 Å². The molecule has 1 fully saturated rings. The van der Waals surface area contributed by atoms with Gasteiger partial charge in [-0.1, -0.05) is 13.8 Å². The molecule has 1 aliphatic heterocycles. The standard InChI is InChI=1S/C7H16N2/c1-3-8-9-5-4-7(2)6-9/h7,9H,3-6H2,1-2H3. The molecular weight excluding hydrogens is 112 g/mol. The molecule has 54 valence electrons. The van der Waals surface area contributed by atoms with E-state index in [0.717, 1.165) is 12.5 Å². The summed E-state index contributed by atoms with van der Waals surface area (Å²) in [4.78, 5) is 0. The number of nitrogens with one attached hydrogen (secondary N) is 1. The smallest absolute Gasteiger partial charge is 0.0711 e. The number of quaternary nitrogens is 1. The summed E-state index contributed by atoms with van der Waals surface area (Å²) in [5.74, 6) is 0.898. The highest BCUT2D eigenvalue weighted by molar-refractivity contribution is 4.62. The lowest BCUT2D eigenvalue weighted by Gasteiger charge is -2.25. The molecule has 2 atom stereocenters. The second-order valence-corrected chi connectivity index (χ2v) is 2.89. The third kappa shape index (κ3) is 1.95. The van der Waals surface area contributed by atoms with E-state index in [-0.39, 0.29) is 0 Å². The minimum atomic E-state index is 0.898. The Morgan fingerprint density at radius 2 is 2.44 bits per heavy atom. The maximum atomic E-state index is 4.39. The second-order valence-electron chi connectivity index (χ2n) is 2.89. The fourth-order valence-corrected chi connectivity index (χ4v) is 1.39. The summed E-state index contributed by atoms with van der Waals surface area (Å²) in [6.45, 7) is 7.90. The first-order chi connectivity index (χ1) is 4.33. The topological polar surface area (TPSA) is 18.5 Å². The van der Waals surface area contributed by atoms with Crippen LogP contribution in [0.1, 0.15) is 20.3 Å². The van der Waals surface area contributed by atoms with Crippen molar-refractivity contribution >= 4 is 0 Å². The Labute approximate surface area is 57.2 Å². The molecule has 1 aliphatic rings. The van der Waals surface area contributed by atoms with E-state index in [4.69, 9.17) is 0 Å². The van der Waals surface area contributed by atoms with Crippen LogP contribution in [0.15, 0.2) is 0 Å². The average molecular weight is 128 g/mol. The van der Waals surface area contributed by atoms with E-state index in [9.17, 15) is 0 Å². The van der Waals surface area contributed by atoms with E-state index in [0.29, 0.717) is 0 Å². The lowest BCUT2D eigenvalue weighted by Crippen LogP contribution is -3.06. The van der Waals surface area contributed by atoms with Gasteiger partial charge in [-0.15, -0.1) is 6.54 Å². The van der Waals surface area contributed by atoms with Crippen LogP contribution < -0.4 is 5.01 Å². The Balaban J connectivity index is 2.14. The first-order valence-corrected chi connectivity index (χ1v) is 3.85. The molecule has 9 heavy (non-hydrogen) atoms. The van der Waals surface area contributed by atoms with Crippen molar-refractivity contribution < 1.29 is 5.01 Å². The summed E-state index contributed by atoms with van der Waals surface area (Å²) in [5, 5.41) is 1.45. The Kier molecular flexibility index (Phi) is 2.49. The fourth-order valence-electron chi connectivity index (χ4n) is 1.39. The van der Waals surface area contributed by atoms with Gasteiger partial charge in [0.2, 0.25) is 0 Å². The monoisotopic (exact) mass is 128 g/mol. The van der Waals surface area contributed by atoms with Crippen molar-refractivity contribution in [1.82, 2.24) is 0 Å². The zero-order valence-electron chi connectivity index (χ0n) is 6.35. The van der Waals surface area contributed by atoms with E-state index >= 15 is 0 Å². The highest BCUT2D eigenvalue weighted by Crippen LogP contribution is 2.01. The molecule has 0 spiro atoms. The van der Waals surface area contributed by atoms with Gasteiger partial charge in [-0.2, -0.15) is 0 Å². The Bertz CT molecular complexity index is 81.0. The molecule has 0 aromatic carbocycles. The number of nitrogens with zero attached hydrogens (tertiary/aromatic N) is 1. The van der Waals surface area contributed by atoms with Crippen LogP contribution in [0.4, 0.5) is 0 Å². The SMILES string of the molecule is CC[N-][NH+]1CCC(C)C1.